The van der Waals surface area contributed by atoms with Gasteiger partial charge in [-0.25, -0.2) is 0 Å². The third-order valence-corrected chi connectivity index (χ3v) is 9.94. The summed E-state index contributed by atoms with van der Waals surface area (Å²) in [5.41, 5.74) is 1.93. The van der Waals surface area contributed by atoms with E-state index in [4.69, 9.17) is 14.2 Å². The van der Waals surface area contributed by atoms with Gasteiger partial charge in [0.25, 0.3) is 23.6 Å². The van der Waals surface area contributed by atoms with Crippen LogP contribution in [0.15, 0.2) is 18.2 Å². The SMILES string of the molecule is O=C1c2ccc3c4c(c(NCCN5CCOCC5)cc(c24)C(=O)N1CCCN1CCOCC1)C(=O)N(CCCN1CCOCC1)C3=O. The number of nitrogens with zero attached hydrogens (tertiary/aromatic N) is 5. The minimum atomic E-state index is -0.394. The highest BCUT2D eigenvalue weighted by molar-refractivity contribution is 6.34. The molecule has 1 N–H and O–H groups in total. The fourth-order valence-corrected chi connectivity index (χ4v) is 7.34. The summed E-state index contributed by atoms with van der Waals surface area (Å²) in [4.78, 5) is 65.5. The number of ether oxygens (including phenoxy) is 3. The molecule has 47 heavy (non-hydrogen) atoms. The van der Waals surface area contributed by atoms with Gasteiger partial charge in [-0.2, -0.15) is 0 Å². The van der Waals surface area contributed by atoms with Crippen molar-refractivity contribution in [2.45, 2.75) is 12.8 Å². The minimum absolute atomic E-state index is 0.279. The summed E-state index contributed by atoms with van der Waals surface area (Å²) >= 11 is 0. The van der Waals surface area contributed by atoms with Gasteiger partial charge in [-0.05, 0) is 31.0 Å². The summed E-state index contributed by atoms with van der Waals surface area (Å²) < 4.78 is 16.4. The Labute approximate surface area is 274 Å². The van der Waals surface area contributed by atoms with Crippen LogP contribution in [0.25, 0.3) is 10.8 Å². The van der Waals surface area contributed by atoms with Crippen molar-refractivity contribution < 1.29 is 33.4 Å². The zero-order valence-corrected chi connectivity index (χ0v) is 27.0. The predicted molar refractivity (Wildman–Crippen MR) is 174 cm³/mol. The van der Waals surface area contributed by atoms with Gasteiger partial charge in [-0.1, -0.05) is 0 Å². The van der Waals surface area contributed by atoms with Crippen molar-refractivity contribution in [1.29, 1.82) is 0 Å². The molecule has 0 unspecified atom stereocenters. The van der Waals surface area contributed by atoms with Crippen LogP contribution < -0.4 is 5.32 Å². The van der Waals surface area contributed by atoms with Crippen molar-refractivity contribution in [2.24, 2.45) is 0 Å². The van der Waals surface area contributed by atoms with Crippen LogP contribution in [-0.2, 0) is 14.2 Å². The van der Waals surface area contributed by atoms with Gasteiger partial charge in [-0.15, -0.1) is 0 Å². The lowest BCUT2D eigenvalue weighted by molar-refractivity contribution is 0.0351. The Morgan fingerprint density at radius 3 is 1.51 bits per heavy atom. The molecule has 0 radical (unpaired) electrons. The number of carbonyl (C=O) groups excluding carboxylic acids is 4. The Bertz CT molecular complexity index is 1530. The highest BCUT2D eigenvalue weighted by Gasteiger charge is 2.41. The third-order valence-electron chi connectivity index (χ3n) is 9.94. The van der Waals surface area contributed by atoms with E-state index in [0.29, 0.717) is 97.7 Å². The first-order valence-corrected chi connectivity index (χ1v) is 17.0. The lowest BCUT2D eigenvalue weighted by Crippen LogP contribution is -2.45. The van der Waals surface area contributed by atoms with Crippen molar-refractivity contribution in [3.63, 3.8) is 0 Å². The van der Waals surface area contributed by atoms with Crippen LogP contribution in [0, 0.1) is 0 Å². The van der Waals surface area contributed by atoms with Crippen molar-refractivity contribution in [3.8, 4) is 0 Å². The van der Waals surface area contributed by atoms with Crippen LogP contribution >= 0.6 is 0 Å². The van der Waals surface area contributed by atoms with Crippen molar-refractivity contribution in [2.75, 3.05) is 123 Å². The molecule has 0 atom stereocenters. The first-order chi connectivity index (χ1) is 23.0. The topological polar surface area (TPSA) is 124 Å². The van der Waals surface area contributed by atoms with E-state index in [1.165, 1.54) is 9.80 Å². The van der Waals surface area contributed by atoms with Gasteiger partial charge in [-0.3, -0.25) is 43.7 Å². The fourth-order valence-electron chi connectivity index (χ4n) is 7.34. The quantitative estimate of drug-likeness (QED) is 0.334. The van der Waals surface area contributed by atoms with Gasteiger partial charge in [0, 0.05) is 106 Å². The summed E-state index contributed by atoms with van der Waals surface area (Å²) in [5, 5.41) is 4.27. The largest absolute Gasteiger partial charge is 0.383 e. The zero-order chi connectivity index (χ0) is 32.3. The molecule has 4 amide bonds. The summed E-state index contributed by atoms with van der Waals surface area (Å²) in [6, 6.07) is 5.04. The maximum atomic E-state index is 14.2. The Morgan fingerprint density at radius 2 is 0.979 bits per heavy atom. The van der Waals surface area contributed by atoms with E-state index in [2.05, 4.69) is 20.0 Å². The van der Waals surface area contributed by atoms with Gasteiger partial charge < -0.3 is 19.5 Å². The van der Waals surface area contributed by atoms with Gasteiger partial charge in [0.05, 0.1) is 50.8 Å². The first-order valence-electron chi connectivity index (χ1n) is 17.0. The van der Waals surface area contributed by atoms with Crippen molar-refractivity contribution in [1.82, 2.24) is 24.5 Å². The highest BCUT2D eigenvalue weighted by atomic mass is 16.5. The molecule has 5 heterocycles. The molecule has 3 fully saturated rings. The van der Waals surface area contributed by atoms with Gasteiger partial charge in [0.15, 0.2) is 0 Å². The second-order valence-corrected chi connectivity index (χ2v) is 12.8. The highest BCUT2D eigenvalue weighted by Crippen LogP contribution is 2.41. The van der Waals surface area contributed by atoms with Crippen LogP contribution in [0.3, 0.4) is 0 Å². The predicted octanol–water partition coefficient (Wildman–Crippen LogP) is 1.22. The number of benzene rings is 2. The van der Waals surface area contributed by atoms with Crippen molar-refractivity contribution >= 4 is 40.1 Å². The van der Waals surface area contributed by atoms with Crippen LogP contribution in [0.2, 0.25) is 0 Å². The lowest BCUT2D eigenvalue weighted by atomic mass is 9.84. The van der Waals surface area contributed by atoms with Crippen LogP contribution in [0.4, 0.5) is 5.69 Å². The smallest absolute Gasteiger partial charge is 0.263 e. The molecule has 3 saturated heterocycles. The maximum absolute atomic E-state index is 14.2. The molecule has 0 bridgehead atoms. The second kappa shape index (κ2) is 14.3. The van der Waals surface area contributed by atoms with Crippen LogP contribution in [0.1, 0.15) is 54.3 Å². The van der Waals surface area contributed by atoms with Crippen LogP contribution in [0.5, 0.6) is 0 Å². The van der Waals surface area contributed by atoms with E-state index in [0.717, 1.165) is 58.9 Å². The molecular formula is C34H44N6O7. The van der Waals surface area contributed by atoms with Crippen molar-refractivity contribution in [3.05, 3.63) is 40.5 Å². The number of anilines is 1. The van der Waals surface area contributed by atoms with E-state index in [-0.39, 0.29) is 24.9 Å². The molecule has 2 aromatic rings. The molecule has 0 aliphatic carbocycles. The molecule has 13 nitrogen and oxygen atoms in total. The molecule has 7 rings (SSSR count). The third kappa shape index (κ3) is 6.52. The normalized spacial score (nSPS) is 21.3. The number of nitrogens with one attached hydrogen (secondary N) is 1. The first kappa shape index (κ1) is 32.1. The number of amides is 4. The average Bonchev–Trinajstić information content (AvgIpc) is 3.10. The summed E-state index contributed by atoms with van der Waals surface area (Å²) in [6.45, 7) is 12.5. The molecular weight excluding hydrogens is 604 g/mol. The Balaban J connectivity index is 1.18. The molecule has 2 aromatic carbocycles. The average molecular weight is 649 g/mol. The Morgan fingerprint density at radius 1 is 0.532 bits per heavy atom. The minimum Gasteiger partial charge on any atom is -0.383 e. The molecule has 5 aliphatic rings. The monoisotopic (exact) mass is 648 g/mol. The molecule has 252 valence electrons. The molecule has 0 spiro atoms. The number of carbonyl (C=O) groups is 4. The van der Waals surface area contributed by atoms with Crippen LogP contribution in [-0.4, -0.2) is 166 Å². The number of hydrogen-bond donors (Lipinski definition) is 1. The Kier molecular flexibility index (Phi) is 9.80. The number of imide groups is 2. The molecule has 0 aromatic heterocycles. The summed E-state index contributed by atoms with van der Waals surface area (Å²) in [5.74, 6) is -1.56. The van der Waals surface area contributed by atoms with E-state index in [1.54, 1.807) is 18.2 Å². The maximum Gasteiger partial charge on any atom is 0.263 e. The summed E-state index contributed by atoms with van der Waals surface area (Å²) in [6.07, 6.45) is 1.29. The Hall–Kier alpha value is -3.46. The zero-order valence-electron chi connectivity index (χ0n) is 27.0. The number of morpholine rings is 3. The summed E-state index contributed by atoms with van der Waals surface area (Å²) in [7, 11) is 0. The van der Waals surface area contributed by atoms with Gasteiger partial charge in [0.1, 0.15) is 0 Å². The van der Waals surface area contributed by atoms with E-state index in [1.807, 2.05) is 0 Å². The molecule has 5 aliphatic heterocycles. The fraction of sp³-hybridized carbons (Fsp3) is 0.588. The number of hydrogen-bond acceptors (Lipinski definition) is 11. The number of rotatable bonds is 12. The van der Waals surface area contributed by atoms with Gasteiger partial charge >= 0.3 is 0 Å². The standard InChI is InChI=1S/C34H44N6O7/c41-31-24-3-4-25-29-28(24)26(33(43)39(31)8-1-6-36-11-17-45-18-12-36)23-27(35-5-10-38-15-21-47-22-16-38)30(29)34(44)40(32(25)42)9-2-7-37-13-19-46-20-14-37/h3-4,23,35H,1-2,5-22H2. The van der Waals surface area contributed by atoms with E-state index >= 15 is 0 Å². The van der Waals surface area contributed by atoms with Gasteiger partial charge in [0.2, 0.25) is 0 Å². The molecule has 0 saturated carbocycles. The molecule has 13 heteroatoms. The lowest BCUT2D eigenvalue weighted by Gasteiger charge is -2.34. The van der Waals surface area contributed by atoms with E-state index < -0.39 is 11.8 Å². The van der Waals surface area contributed by atoms with E-state index in [9.17, 15) is 19.2 Å². The second-order valence-electron chi connectivity index (χ2n) is 12.8.